The third-order valence-corrected chi connectivity index (χ3v) is 5.79. The van der Waals surface area contributed by atoms with Crippen molar-refractivity contribution in [3.8, 4) is 0 Å². The maximum atomic E-state index is 13.0. The van der Waals surface area contributed by atoms with Gasteiger partial charge in [0, 0.05) is 19.9 Å². The molecule has 4 rings (SSSR count). The van der Waals surface area contributed by atoms with Crippen molar-refractivity contribution in [2.24, 2.45) is 7.05 Å². The Kier molecular flexibility index (Phi) is 6.93. The third-order valence-electron chi connectivity index (χ3n) is 5.79. The molecule has 2 aromatic heterocycles. The van der Waals surface area contributed by atoms with E-state index in [1.54, 1.807) is 20.9 Å². The summed E-state index contributed by atoms with van der Waals surface area (Å²) in [7, 11) is 1.66. The van der Waals surface area contributed by atoms with Crippen molar-refractivity contribution < 1.29 is 19.1 Å². The van der Waals surface area contributed by atoms with Crippen LogP contribution in [-0.2, 0) is 24.9 Å². The number of hydrogen-bond acceptors (Lipinski definition) is 7. The Morgan fingerprint density at radius 3 is 2.41 bits per heavy atom. The summed E-state index contributed by atoms with van der Waals surface area (Å²) in [6.45, 7) is 6.76. The van der Waals surface area contributed by atoms with Crippen LogP contribution in [0.4, 0.5) is 0 Å². The normalized spacial score (nSPS) is 15.7. The number of rotatable bonds is 2. The molecule has 0 unspecified atom stereocenters. The monoisotopic (exact) mass is 444 g/mol. The fourth-order valence-corrected chi connectivity index (χ4v) is 4.03. The van der Waals surface area contributed by atoms with Gasteiger partial charge in [-0.25, -0.2) is 9.78 Å². The van der Waals surface area contributed by atoms with Crippen molar-refractivity contribution in [1.29, 1.82) is 0 Å². The predicted octanol–water partition coefficient (Wildman–Crippen LogP) is 1.06. The van der Waals surface area contributed by atoms with Gasteiger partial charge in [0.05, 0.1) is 24.3 Å². The molecular weight excluding hydrogens is 416 g/mol. The number of aryl methyl sites for hydroxylation is 2. The number of nitrogens with one attached hydrogen (secondary N) is 1. The Morgan fingerprint density at radius 1 is 1.19 bits per heavy atom. The zero-order valence-electron chi connectivity index (χ0n) is 18.7. The van der Waals surface area contributed by atoms with Crippen LogP contribution in [0.1, 0.15) is 64.4 Å². The van der Waals surface area contributed by atoms with Gasteiger partial charge >= 0.3 is 5.63 Å². The highest BCUT2D eigenvalue weighted by molar-refractivity contribution is 5.95. The first kappa shape index (κ1) is 23.4. The number of piperidine rings is 1. The highest BCUT2D eigenvalue weighted by Crippen LogP contribution is 2.26. The first-order valence-electron chi connectivity index (χ1n) is 10.5. The number of nitrogens with zero attached hydrogens (tertiary/aromatic N) is 3. The van der Waals surface area contributed by atoms with Crippen LogP contribution in [-0.4, -0.2) is 44.5 Å². The molecule has 0 spiro atoms. The Morgan fingerprint density at radius 2 is 1.81 bits per heavy atom. The lowest BCUT2D eigenvalue weighted by atomic mass is 9.94. The summed E-state index contributed by atoms with van der Waals surface area (Å²) in [6.07, 6.45) is 1.82. The molecule has 2 aliphatic heterocycles. The molecular formula is C22H28N4O6. The first-order chi connectivity index (χ1) is 15.1. The molecule has 1 amide bonds. The van der Waals surface area contributed by atoms with Gasteiger partial charge in [0.25, 0.3) is 17.4 Å². The average Bonchev–Trinajstić information content (AvgIpc) is 3.16. The predicted molar refractivity (Wildman–Crippen MR) is 116 cm³/mol. The Labute approximate surface area is 184 Å². The van der Waals surface area contributed by atoms with Crippen LogP contribution in [0.2, 0.25) is 0 Å². The van der Waals surface area contributed by atoms with Gasteiger partial charge in [-0.05, 0) is 51.4 Å². The number of carboxylic acids is 1. The molecule has 10 heteroatoms. The number of carbonyl (C=O) groups is 2. The van der Waals surface area contributed by atoms with Crippen LogP contribution in [0.25, 0.3) is 0 Å². The van der Waals surface area contributed by atoms with Crippen molar-refractivity contribution in [2.45, 2.75) is 52.6 Å². The van der Waals surface area contributed by atoms with E-state index in [9.17, 15) is 14.4 Å². The van der Waals surface area contributed by atoms with Gasteiger partial charge in [0.1, 0.15) is 17.1 Å². The molecule has 0 aliphatic carbocycles. The summed E-state index contributed by atoms with van der Waals surface area (Å²) in [5.74, 6) is 0.195. The van der Waals surface area contributed by atoms with Crippen molar-refractivity contribution in [3.05, 3.63) is 60.8 Å². The molecule has 0 atom stereocenters. The maximum absolute atomic E-state index is 13.0. The summed E-state index contributed by atoms with van der Waals surface area (Å²) < 4.78 is 7.01. The summed E-state index contributed by atoms with van der Waals surface area (Å²) >= 11 is 0. The summed E-state index contributed by atoms with van der Waals surface area (Å²) in [4.78, 5) is 53.0. The zero-order valence-corrected chi connectivity index (χ0v) is 18.7. The number of fused-ring (bicyclic) bond motifs is 1. The molecule has 0 bridgehead atoms. The van der Waals surface area contributed by atoms with E-state index < -0.39 is 17.5 Å². The number of carbonyl (C=O) groups excluding carboxylic acids is 1. The van der Waals surface area contributed by atoms with Crippen LogP contribution in [0.5, 0.6) is 0 Å². The Balaban J connectivity index is 0.000000668. The minimum atomic E-state index is -0.833. The molecule has 1 saturated heterocycles. The molecule has 0 radical (unpaired) electrons. The smallest absolute Gasteiger partial charge is 0.349 e. The molecule has 2 N–H and O–H groups in total. The summed E-state index contributed by atoms with van der Waals surface area (Å²) in [5, 5.41) is 10.7. The van der Waals surface area contributed by atoms with Crippen LogP contribution < -0.4 is 16.5 Å². The summed E-state index contributed by atoms with van der Waals surface area (Å²) in [6, 6.07) is 1.81. The first-order valence-corrected chi connectivity index (χ1v) is 10.5. The molecule has 10 nitrogen and oxygen atoms in total. The standard InChI is InChI=1S/C20H24N4O4.C2H4O2/c1-11-8-16(13-4-6-21-7-5-13)28-20(27)17(11)19(26)24-9-14-15(10-24)22-12(2)23(3)18(14)25;1-2(3)4/h8,13,21H,4-7,9-10H2,1-3H3;1H3,(H,3,4). The van der Waals surface area contributed by atoms with Crippen LogP contribution in [0, 0.1) is 13.8 Å². The molecule has 1 fully saturated rings. The largest absolute Gasteiger partial charge is 0.481 e. The van der Waals surface area contributed by atoms with E-state index in [2.05, 4.69) is 10.3 Å². The second-order valence-electron chi connectivity index (χ2n) is 8.15. The molecule has 0 aromatic carbocycles. The van der Waals surface area contributed by atoms with E-state index in [1.807, 2.05) is 6.07 Å². The van der Waals surface area contributed by atoms with Crippen LogP contribution in [0.3, 0.4) is 0 Å². The van der Waals surface area contributed by atoms with Gasteiger partial charge in [0.15, 0.2) is 0 Å². The SMILES string of the molecule is CC(=O)O.Cc1cc(C2CCNCC2)oc(=O)c1C(=O)N1Cc2nc(C)n(C)c(=O)c2C1. The molecule has 32 heavy (non-hydrogen) atoms. The lowest BCUT2D eigenvalue weighted by Crippen LogP contribution is -2.32. The van der Waals surface area contributed by atoms with Gasteiger partial charge in [-0.1, -0.05) is 0 Å². The van der Waals surface area contributed by atoms with Crippen molar-refractivity contribution >= 4 is 11.9 Å². The third kappa shape index (κ3) is 4.80. The second-order valence-corrected chi connectivity index (χ2v) is 8.15. The van der Waals surface area contributed by atoms with Gasteiger partial charge in [-0.15, -0.1) is 0 Å². The van der Waals surface area contributed by atoms with Gasteiger partial charge < -0.3 is 19.7 Å². The highest BCUT2D eigenvalue weighted by atomic mass is 16.4. The Hall–Kier alpha value is -3.27. The quantitative estimate of drug-likeness (QED) is 0.702. The zero-order chi connectivity index (χ0) is 23.6. The van der Waals surface area contributed by atoms with Gasteiger partial charge in [-0.3, -0.25) is 19.0 Å². The molecule has 0 saturated carbocycles. The molecule has 2 aromatic rings. The lowest BCUT2D eigenvalue weighted by molar-refractivity contribution is -0.134. The number of hydrogen-bond donors (Lipinski definition) is 2. The van der Waals surface area contributed by atoms with E-state index >= 15 is 0 Å². The fourth-order valence-electron chi connectivity index (χ4n) is 4.03. The maximum Gasteiger partial charge on any atom is 0.349 e. The van der Waals surface area contributed by atoms with Gasteiger partial charge in [0.2, 0.25) is 0 Å². The van der Waals surface area contributed by atoms with E-state index in [-0.39, 0.29) is 30.1 Å². The second kappa shape index (κ2) is 9.47. The number of amides is 1. The van der Waals surface area contributed by atoms with Crippen molar-refractivity contribution in [1.82, 2.24) is 19.8 Å². The topological polar surface area (TPSA) is 135 Å². The minimum Gasteiger partial charge on any atom is -0.481 e. The van der Waals surface area contributed by atoms with Crippen molar-refractivity contribution in [2.75, 3.05) is 13.1 Å². The average molecular weight is 444 g/mol. The number of carboxylic acid groups (broad SMARTS) is 1. The molecule has 4 heterocycles. The molecule has 2 aliphatic rings. The van der Waals surface area contributed by atoms with E-state index in [0.29, 0.717) is 28.4 Å². The van der Waals surface area contributed by atoms with Crippen molar-refractivity contribution in [3.63, 3.8) is 0 Å². The summed E-state index contributed by atoms with van der Waals surface area (Å²) in [5.41, 5.74) is 1.01. The van der Waals surface area contributed by atoms with E-state index in [0.717, 1.165) is 32.9 Å². The van der Waals surface area contributed by atoms with E-state index in [4.69, 9.17) is 14.3 Å². The fraction of sp³-hybridized carbons (Fsp3) is 0.500. The minimum absolute atomic E-state index is 0.0408. The van der Waals surface area contributed by atoms with Crippen LogP contribution in [0.15, 0.2) is 20.1 Å². The molecule has 172 valence electrons. The van der Waals surface area contributed by atoms with Crippen LogP contribution >= 0.6 is 0 Å². The van der Waals surface area contributed by atoms with Gasteiger partial charge in [-0.2, -0.15) is 0 Å². The lowest BCUT2D eigenvalue weighted by Gasteiger charge is -2.22. The highest BCUT2D eigenvalue weighted by Gasteiger charge is 2.31. The number of aliphatic carboxylic acids is 1. The number of aromatic nitrogens is 2. The van der Waals surface area contributed by atoms with E-state index in [1.165, 1.54) is 9.47 Å². The Bertz CT molecular complexity index is 1160.